The van der Waals surface area contributed by atoms with Gasteiger partial charge >= 0.3 is 0 Å². The van der Waals surface area contributed by atoms with E-state index >= 15 is 0 Å². The van der Waals surface area contributed by atoms with Crippen LogP contribution in [-0.4, -0.2) is 50.0 Å². The zero-order chi connectivity index (χ0) is 24.8. The number of rotatable bonds is 10. The number of halogens is 1. The number of amides is 2. The molecule has 2 aromatic rings. The van der Waals surface area contributed by atoms with Crippen molar-refractivity contribution in [3.63, 3.8) is 0 Å². The van der Waals surface area contributed by atoms with Gasteiger partial charge in [-0.25, -0.2) is 8.42 Å². The van der Waals surface area contributed by atoms with E-state index in [2.05, 4.69) is 21.2 Å². The van der Waals surface area contributed by atoms with Gasteiger partial charge in [-0.3, -0.25) is 13.9 Å². The number of benzene rings is 2. The number of anilines is 1. The third kappa shape index (κ3) is 7.85. The van der Waals surface area contributed by atoms with E-state index in [4.69, 9.17) is 0 Å². The summed E-state index contributed by atoms with van der Waals surface area (Å²) in [7, 11) is -3.73. The van der Waals surface area contributed by atoms with Gasteiger partial charge in [-0.1, -0.05) is 47.1 Å². The Kier molecular flexibility index (Phi) is 9.48. The molecule has 33 heavy (non-hydrogen) atoms. The van der Waals surface area contributed by atoms with Crippen LogP contribution in [-0.2, 0) is 26.2 Å². The van der Waals surface area contributed by atoms with Gasteiger partial charge < -0.3 is 10.2 Å². The molecular weight excluding hydrogens is 506 g/mol. The second-order valence-corrected chi connectivity index (χ2v) is 11.1. The summed E-state index contributed by atoms with van der Waals surface area (Å²) >= 11 is 3.40. The maximum absolute atomic E-state index is 13.5. The van der Waals surface area contributed by atoms with Crippen molar-refractivity contribution in [3.8, 4) is 0 Å². The topological polar surface area (TPSA) is 86.8 Å². The van der Waals surface area contributed by atoms with Crippen LogP contribution in [0.3, 0.4) is 0 Å². The van der Waals surface area contributed by atoms with Gasteiger partial charge in [-0.15, -0.1) is 0 Å². The fourth-order valence-electron chi connectivity index (χ4n) is 3.23. The van der Waals surface area contributed by atoms with Crippen molar-refractivity contribution in [1.29, 1.82) is 0 Å². The minimum atomic E-state index is -3.73. The maximum atomic E-state index is 13.5. The Morgan fingerprint density at radius 1 is 1.09 bits per heavy atom. The first-order valence-electron chi connectivity index (χ1n) is 10.8. The standard InChI is InChI=1S/C24H32BrN3O4S/c1-6-18(3)26-24(30)19(4)27(15-20-10-12-21(25)13-11-20)23(29)16-28(33(5,31)32)22-9-7-8-17(2)14-22/h7-14,18-19H,6,15-16H2,1-5H3,(H,26,30). The molecule has 9 heteroatoms. The first-order chi connectivity index (χ1) is 15.4. The Morgan fingerprint density at radius 3 is 2.27 bits per heavy atom. The molecule has 2 amide bonds. The van der Waals surface area contributed by atoms with Crippen molar-refractivity contribution in [2.24, 2.45) is 0 Å². The second-order valence-electron chi connectivity index (χ2n) is 8.25. The van der Waals surface area contributed by atoms with E-state index in [0.29, 0.717) is 5.69 Å². The smallest absolute Gasteiger partial charge is 0.244 e. The van der Waals surface area contributed by atoms with E-state index in [-0.39, 0.29) is 18.5 Å². The van der Waals surface area contributed by atoms with E-state index < -0.39 is 28.5 Å². The molecule has 2 atom stereocenters. The van der Waals surface area contributed by atoms with Gasteiger partial charge in [0.25, 0.3) is 0 Å². The molecule has 0 bridgehead atoms. The van der Waals surface area contributed by atoms with Crippen LogP contribution in [0.25, 0.3) is 0 Å². The molecule has 0 saturated heterocycles. The summed E-state index contributed by atoms with van der Waals surface area (Å²) in [5, 5.41) is 2.91. The third-order valence-electron chi connectivity index (χ3n) is 5.40. The first-order valence-corrected chi connectivity index (χ1v) is 13.4. The number of carbonyl (C=O) groups is 2. The zero-order valence-electron chi connectivity index (χ0n) is 19.7. The summed E-state index contributed by atoms with van der Waals surface area (Å²) in [4.78, 5) is 27.7. The highest BCUT2D eigenvalue weighted by atomic mass is 79.9. The van der Waals surface area contributed by atoms with Crippen LogP contribution in [0, 0.1) is 6.92 Å². The normalized spacial score (nSPS) is 13.2. The molecule has 0 aliphatic rings. The molecule has 0 fully saturated rings. The minimum absolute atomic E-state index is 0.0376. The molecule has 2 rings (SSSR count). The van der Waals surface area contributed by atoms with Crippen LogP contribution in [0.2, 0.25) is 0 Å². The van der Waals surface area contributed by atoms with Gasteiger partial charge in [0.1, 0.15) is 12.6 Å². The number of hydrogen-bond donors (Lipinski definition) is 1. The van der Waals surface area contributed by atoms with E-state index in [1.54, 1.807) is 25.1 Å². The maximum Gasteiger partial charge on any atom is 0.244 e. The highest BCUT2D eigenvalue weighted by Crippen LogP contribution is 2.20. The van der Waals surface area contributed by atoms with Crippen molar-refractivity contribution in [3.05, 3.63) is 64.1 Å². The minimum Gasteiger partial charge on any atom is -0.352 e. The second kappa shape index (κ2) is 11.7. The van der Waals surface area contributed by atoms with E-state index in [9.17, 15) is 18.0 Å². The largest absolute Gasteiger partial charge is 0.352 e. The molecule has 0 aliphatic carbocycles. The van der Waals surface area contributed by atoms with E-state index in [1.165, 1.54) is 4.90 Å². The fraction of sp³-hybridized carbons (Fsp3) is 0.417. The number of nitrogens with one attached hydrogen (secondary N) is 1. The van der Waals surface area contributed by atoms with Crippen LogP contribution >= 0.6 is 15.9 Å². The number of aryl methyl sites for hydroxylation is 1. The molecule has 7 nitrogen and oxygen atoms in total. The molecule has 0 heterocycles. The average molecular weight is 539 g/mol. The van der Waals surface area contributed by atoms with Crippen LogP contribution in [0.15, 0.2) is 53.0 Å². The number of nitrogens with zero attached hydrogens (tertiary/aromatic N) is 2. The fourth-order valence-corrected chi connectivity index (χ4v) is 4.34. The summed E-state index contributed by atoms with van der Waals surface area (Å²) in [6.07, 6.45) is 1.83. The number of hydrogen-bond acceptors (Lipinski definition) is 4. The van der Waals surface area contributed by atoms with E-state index in [1.807, 2.05) is 51.1 Å². The van der Waals surface area contributed by atoms with Gasteiger partial charge in [0.15, 0.2) is 0 Å². The van der Waals surface area contributed by atoms with Crippen LogP contribution < -0.4 is 9.62 Å². The van der Waals surface area contributed by atoms with Gasteiger partial charge in [0, 0.05) is 17.1 Å². The molecule has 0 aliphatic heterocycles. The lowest BCUT2D eigenvalue weighted by Gasteiger charge is -2.32. The summed E-state index contributed by atoms with van der Waals surface area (Å²) < 4.78 is 27.1. The van der Waals surface area contributed by atoms with Crippen molar-refractivity contribution < 1.29 is 18.0 Å². The molecule has 0 radical (unpaired) electrons. The molecule has 1 N–H and O–H groups in total. The quantitative estimate of drug-likeness (QED) is 0.498. The monoisotopic (exact) mass is 537 g/mol. The predicted octanol–water partition coefficient (Wildman–Crippen LogP) is 3.86. The van der Waals surface area contributed by atoms with Gasteiger partial charge in [-0.2, -0.15) is 0 Å². The molecule has 0 aromatic heterocycles. The first kappa shape index (κ1) is 26.9. The lowest BCUT2D eigenvalue weighted by atomic mass is 10.1. The van der Waals surface area contributed by atoms with E-state index in [0.717, 1.165) is 32.6 Å². The summed E-state index contributed by atoms with van der Waals surface area (Å²) in [5.41, 5.74) is 2.11. The summed E-state index contributed by atoms with van der Waals surface area (Å²) in [5.74, 6) is -0.743. The predicted molar refractivity (Wildman–Crippen MR) is 135 cm³/mol. The van der Waals surface area contributed by atoms with Crippen molar-refractivity contribution in [2.75, 3.05) is 17.1 Å². The number of carbonyl (C=O) groups excluding carboxylic acids is 2. The molecular formula is C24H32BrN3O4S. The Labute approximate surface area is 205 Å². The Balaban J connectivity index is 2.37. The van der Waals surface area contributed by atoms with Crippen molar-refractivity contribution in [1.82, 2.24) is 10.2 Å². The molecule has 2 aromatic carbocycles. The summed E-state index contributed by atoms with van der Waals surface area (Å²) in [6.45, 7) is 7.14. The van der Waals surface area contributed by atoms with Gasteiger partial charge in [0.2, 0.25) is 21.8 Å². The molecule has 2 unspecified atom stereocenters. The Hall–Kier alpha value is -2.39. The third-order valence-corrected chi connectivity index (χ3v) is 7.07. The molecule has 180 valence electrons. The van der Waals surface area contributed by atoms with Crippen LogP contribution in [0.5, 0.6) is 0 Å². The van der Waals surface area contributed by atoms with Crippen molar-refractivity contribution in [2.45, 2.75) is 52.7 Å². The number of sulfonamides is 1. The van der Waals surface area contributed by atoms with Crippen molar-refractivity contribution >= 4 is 43.5 Å². The average Bonchev–Trinajstić information content (AvgIpc) is 2.75. The highest BCUT2D eigenvalue weighted by Gasteiger charge is 2.30. The lowest BCUT2D eigenvalue weighted by molar-refractivity contribution is -0.139. The highest BCUT2D eigenvalue weighted by molar-refractivity contribution is 9.10. The lowest BCUT2D eigenvalue weighted by Crippen LogP contribution is -2.52. The summed E-state index contributed by atoms with van der Waals surface area (Å²) in [6, 6.07) is 13.6. The van der Waals surface area contributed by atoms with Gasteiger partial charge in [-0.05, 0) is 62.6 Å². The Bertz CT molecular complexity index is 1070. The van der Waals surface area contributed by atoms with Gasteiger partial charge in [0.05, 0.1) is 11.9 Å². The Morgan fingerprint density at radius 2 is 1.73 bits per heavy atom. The molecule has 0 spiro atoms. The zero-order valence-corrected chi connectivity index (χ0v) is 22.1. The SMILES string of the molecule is CCC(C)NC(=O)C(C)N(Cc1ccc(Br)cc1)C(=O)CN(c1cccc(C)c1)S(C)(=O)=O. The molecule has 0 saturated carbocycles. The van der Waals surface area contributed by atoms with Crippen LogP contribution in [0.4, 0.5) is 5.69 Å². The van der Waals surface area contributed by atoms with Crippen LogP contribution in [0.1, 0.15) is 38.3 Å².